The van der Waals surface area contributed by atoms with Crippen molar-refractivity contribution in [2.45, 2.75) is 38.1 Å². The summed E-state index contributed by atoms with van der Waals surface area (Å²) in [7, 11) is 0. The van der Waals surface area contributed by atoms with E-state index in [0.29, 0.717) is 23.8 Å². The average molecular weight is 312 g/mol. The molecule has 7 heteroatoms. The number of nitrogens with one attached hydrogen (secondary N) is 1. The molecule has 1 aromatic carbocycles. The lowest BCUT2D eigenvalue weighted by Crippen LogP contribution is -2.53. The summed E-state index contributed by atoms with van der Waals surface area (Å²) in [4.78, 5) is 22.9. The molecule has 0 saturated heterocycles. The van der Waals surface area contributed by atoms with Crippen LogP contribution in [0.15, 0.2) is 18.2 Å². The van der Waals surface area contributed by atoms with Crippen LogP contribution in [0, 0.1) is 16.0 Å². The van der Waals surface area contributed by atoms with E-state index in [0.717, 1.165) is 12.8 Å². The molecule has 6 nitrogen and oxygen atoms in total. The molecule has 2 atom stereocenters. The van der Waals surface area contributed by atoms with Gasteiger partial charge in [-0.05, 0) is 30.9 Å². The zero-order valence-corrected chi connectivity index (χ0v) is 12.5. The molecule has 1 aliphatic rings. The molecule has 0 spiro atoms. The van der Waals surface area contributed by atoms with Crippen molar-refractivity contribution in [1.82, 2.24) is 0 Å². The van der Waals surface area contributed by atoms with Crippen molar-refractivity contribution in [3.05, 3.63) is 33.3 Å². The van der Waals surface area contributed by atoms with Crippen LogP contribution in [0.5, 0.6) is 0 Å². The first-order valence-electron chi connectivity index (χ1n) is 6.86. The molecule has 1 amide bonds. The third-order valence-electron chi connectivity index (χ3n) is 3.89. The first kappa shape index (κ1) is 15.7. The van der Waals surface area contributed by atoms with Crippen molar-refractivity contribution in [2.24, 2.45) is 11.7 Å². The fourth-order valence-electron chi connectivity index (χ4n) is 2.81. The van der Waals surface area contributed by atoms with E-state index in [2.05, 4.69) is 12.2 Å². The first-order chi connectivity index (χ1) is 9.82. The summed E-state index contributed by atoms with van der Waals surface area (Å²) in [6.45, 7) is 2.05. The quantitative estimate of drug-likeness (QED) is 0.662. The number of carbonyl (C=O) groups is 1. The second-order valence-corrected chi connectivity index (χ2v) is 6.17. The number of amides is 1. The molecule has 0 aliphatic heterocycles. The molecule has 1 fully saturated rings. The van der Waals surface area contributed by atoms with E-state index >= 15 is 0 Å². The minimum absolute atomic E-state index is 0.0838. The van der Waals surface area contributed by atoms with Crippen LogP contribution in [0.3, 0.4) is 0 Å². The highest BCUT2D eigenvalue weighted by Crippen LogP contribution is 2.33. The van der Waals surface area contributed by atoms with E-state index in [1.54, 1.807) is 0 Å². The van der Waals surface area contributed by atoms with Crippen LogP contribution in [0.2, 0.25) is 5.02 Å². The molecule has 114 valence electrons. The highest BCUT2D eigenvalue weighted by atomic mass is 35.5. The Morgan fingerprint density at radius 2 is 2.29 bits per heavy atom. The monoisotopic (exact) mass is 311 g/mol. The van der Waals surface area contributed by atoms with Gasteiger partial charge in [0.2, 0.25) is 5.91 Å². The SMILES string of the molecule is CC1CCCC(N)(C(=O)Nc2cc(Cl)ccc2[N+](=O)[O-])C1. The summed E-state index contributed by atoms with van der Waals surface area (Å²) in [6.07, 6.45) is 3.08. The van der Waals surface area contributed by atoms with Crippen molar-refractivity contribution in [3.8, 4) is 0 Å². The number of hydrogen-bond donors (Lipinski definition) is 2. The average Bonchev–Trinajstić information content (AvgIpc) is 2.38. The fraction of sp³-hybridized carbons (Fsp3) is 0.500. The largest absolute Gasteiger partial charge is 0.319 e. The molecule has 1 aliphatic carbocycles. The smallest absolute Gasteiger partial charge is 0.292 e. The minimum atomic E-state index is -0.978. The highest BCUT2D eigenvalue weighted by Gasteiger charge is 2.38. The molecule has 3 N–H and O–H groups in total. The molecule has 2 unspecified atom stereocenters. The van der Waals surface area contributed by atoms with Crippen LogP contribution in [0.1, 0.15) is 32.6 Å². The summed E-state index contributed by atoms with van der Waals surface area (Å²) >= 11 is 5.84. The number of rotatable bonds is 3. The lowest BCUT2D eigenvalue weighted by atomic mass is 9.76. The van der Waals surface area contributed by atoms with Gasteiger partial charge >= 0.3 is 0 Å². The van der Waals surface area contributed by atoms with Gasteiger partial charge in [0.05, 0.1) is 10.5 Å². The number of nitrogens with zero attached hydrogens (tertiary/aromatic N) is 1. The van der Waals surface area contributed by atoms with Gasteiger partial charge in [0.15, 0.2) is 0 Å². The van der Waals surface area contributed by atoms with Crippen molar-refractivity contribution in [2.75, 3.05) is 5.32 Å². The lowest BCUT2D eigenvalue weighted by molar-refractivity contribution is -0.383. The maximum Gasteiger partial charge on any atom is 0.292 e. The third kappa shape index (κ3) is 3.51. The van der Waals surface area contributed by atoms with Crippen molar-refractivity contribution in [3.63, 3.8) is 0 Å². The van der Waals surface area contributed by atoms with Gasteiger partial charge in [-0.3, -0.25) is 14.9 Å². The summed E-state index contributed by atoms with van der Waals surface area (Å²) in [5, 5.41) is 13.9. The van der Waals surface area contributed by atoms with Gasteiger partial charge in [-0.2, -0.15) is 0 Å². The Kier molecular flexibility index (Phi) is 4.49. The summed E-state index contributed by atoms with van der Waals surface area (Å²) in [6, 6.07) is 4.05. The highest BCUT2D eigenvalue weighted by molar-refractivity contribution is 6.31. The second-order valence-electron chi connectivity index (χ2n) is 5.73. The number of nitro benzene ring substituents is 1. The van der Waals surface area contributed by atoms with E-state index in [1.165, 1.54) is 18.2 Å². The first-order valence-corrected chi connectivity index (χ1v) is 7.24. The molecule has 2 rings (SSSR count). The number of halogens is 1. The van der Waals surface area contributed by atoms with E-state index in [1.807, 2.05) is 0 Å². The molecule has 0 bridgehead atoms. The molecule has 21 heavy (non-hydrogen) atoms. The van der Waals surface area contributed by atoms with E-state index in [-0.39, 0.29) is 17.3 Å². The van der Waals surface area contributed by atoms with Gasteiger partial charge in [-0.25, -0.2) is 0 Å². The van der Waals surface area contributed by atoms with Crippen LogP contribution in [-0.2, 0) is 4.79 Å². The number of nitrogens with two attached hydrogens (primary N) is 1. The summed E-state index contributed by atoms with van der Waals surface area (Å²) in [5.41, 5.74) is 5.10. The van der Waals surface area contributed by atoms with Gasteiger partial charge in [0, 0.05) is 11.1 Å². The van der Waals surface area contributed by atoms with E-state index in [9.17, 15) is 14.9 Å². The molecule has 0 radical (unpaired) electrons. The van der Waals surface area contributed by atoms with Crippen molar-refractivity contribution >= 4 is 28.9 Å². The third-order valence-corrected chi connectivity index (χ3v) is 4.12. The molecule has 0 heterocycles. The van der Waals surface area contributed by atoms with Gasteiger partial charge in [0.1, 0.15) is 5.69 Å². The minimum Gasteiger partial charge on any atom is -0.319 e. The van der Waals surface area contributed by atoms with Crippen LogP contribution in [-0.4, -0.2) is 16.4 Å². The number of anilines is 1. The zero-order valence-electron chi connectivity index (χ0n) is 11.8. The van der Waals surface area contributed by atoms with E-state index in [4.69, 9.17) is 17.3 Å². The Balaban J connectivity index is 2.23. The summed E-state index contributed by atoms with van der Waals surface area (Å²) < 4.78 is 0. The topological polar surface area (TPSA) is 98.3 Å². The van der Waals surface area contributed by atoms with Gasteiger partial charge in [0.25, 0.3) is 5.69 Å². The van der Waals surface area contributed by atoms with Crippen LogP contribution < -0.4 is 11.1 Å². The van der Waals surface area contributed by atoms with Crippen molar-refractivity contribution in [1.29, 1.82) is 0 Å². The Morgan fingerprint density at radius 1 is 1.57 bits per heavy atom. The van der Waals surface area contributed by atoms with Gasteiger partial charge in [-0.15, -0.1) is 0 Å². The van der Waals surface area contributed by atoms with Gasteiger partial charge < -0.3 is 11.1 Å². The normalized spacial score (nSPS) is 25.4. The summed E-state index contributed by atoms with van der Waals surface area (Å²) in [5.74, 6) is -0.0248. The molecular weight excluding hydrogens is 294 g/mol. The number of carbonyl (C=O) groups excluding carboxylic acids is 1. The Hall–Kier alpha value is -1.66. The molecule has 0 aromatic heterocycles. The van der Waals surface area contributed by atoms with Crippen LogP contribution in [0.25, 0.3) is 0 Å². The Morgan fingerprint density at radius 3 is 2.90 bits per heavy atom. The maximum atomic E-state index is 12.4. The molecular formula is C14H18ClN3O3. The number of benzene rings is 1. The zero-order chi connectivity index (χ0) is 15.6. The molecule has 1 saturated carbocycles. The Labute approximate surface area is 127 Å². The predicted molar refractivity (Wildman–Crippen MR) is 81.3 cm³/mol. The maximum absolute atomic E-state index is 12.4. The Bertz CT molecular complexity index is 579. The predicted octanol–water partition coefficient (Wildman–Crippen LogP) is 3.09. The fourth-order valence-corrected chi connectivity index (χ4v) is 2.98. The lowest BCUT2D eigenvalue weighted by Gasteiger charge is -2.35. The molecule has 1 aromatic rings. The van der Waals surface area contributed by atoms with Gasteiger partial charge in [-0.1, -0.05) is 31.4 Å². The van der Waals surface area contributed by atoms with Crippen LogP contribution >= 0.6 is 11.6 Å². The van der Waals surface area contributed by atoms with Crippen LogP contribution in [0.4, 0.5) is 11.4 Å². The number of nitro groups is 1. The van der Waals surface area contributed by atoms with E-state index < -0.39 is 10.5 Å². The second kappa shape index (κ2) is 5.99. The van der Waals surface area contributed by atoms with Crippen molar-refractivity contribution < 1.29 is 9.72 Å². The number of hydrogen-bond acceptors (Lipinski definition) is 4. The standard InChI is InChI=1S/C14H18ClN3O3/c1-9-3-2-6-14(16,8-9)13(19)17-11-7-10(15)4-5-12(11)18(20)21/h4-5,7,9H,2-3,6,8,16H2,1H3,(H,17,19).